The monoisotopic (exact) mass is 241 g/mol. The Kier molecular flexibility index (Phi) is 3.80. The van der Waals surface area contributed by atoms with Crippen molar-refractivity contribution in [2.45, 2.75) is 25.0 Å². The van der Waals surface area contributed by atoms with E-state index in [9.17, 15) is 13.2 Å². The molecule has 0 amide bonds. The van der Waals surface area contributed by atoms with Gasteiger partial charge in [0.1, 0.15) is 5.25 Å². The van der Waals surface area contributed by atoms with E-state index in [1.54, 1.807) is 31.5 Å². The van der Waals surface area contributed by atoms with Crippen molar-refractivity contribution < 1.29 is 13.2 Å². The summed E-state index contributed by atoms with van der Waals surface area (Å²) in [6.07, 6.45) is 4.25. The Labute approximate surface area is 95.6 Å². The summed E-state index contributed by atoms with van der Waals surface area (Å²) in [4.78, 5) is 15.7. The van der Waals surface area contributed by atoms with Crippen molar-refractivity contribution in [2.75, 3.05) is 6.26 Å². The van der Waals surface area contributed by atoms with Crippen LogP contribution in [0, 0.1) is 0 Å². The molecule has 5 heteroatoms. The average molecular weight is 241 g/mol. The quantitative estimate of drug-likeness (QED) is 0.794. The van der Waals surface area contributed by atoms with Gasteiger partial charge >= 0.3 is 0 Å². The summed E-state index contributed by atoms with van der Waals surface area (Å²) in [5.41, 5.74) is 0.788. The van der Waals surface area contributed by atoms with Crippen molar-refractivity contribution in [1.82, 2.24) is 4.98 Å². The lowest BCUT2D eigenvalue weighted by Gasteiger charge is -2.14. The van der Waals surface area contributed by atoms with Crippen LogP contribution in [0.1, 0.15) is 25.3 Å². The zero-order valence-corrected chi connectivity index (χ0v) is 10.4. The molecule has 2 atom stereocenters. The van der Waals surface area contributed by atoms with Crippen molar-refractivity contribution >= 4 is 15.6 Å². The topological polar surface area (TPSA) is 64.1 Å². The van der Waals surface area contributed by atoms with Gasteiger partial charge in [-0.1, -0.05) is 6.92 Å². The summed E-state index contributed by atoms with van der Waals surface area (Å²) in [7, 11) is -3.32. The second-order valence-electron chi connectivity index (χ2n) is 3.88. The van der Waals surface area contributed by atoms with Gasteiger partial charge in [0.05, 0.1) is 0 Å². The van der Waals surface area contributed by atoms with E-state index in [0.29, 0.717) is 0 Å². The summed E-state index contributed by atoms with van der Waals surface area (Å²) in [6, 6.07) is 3.44. The number of hydrogen-bond acceptors (Lipinski definition) is 4. The number of hydrogen-bond donors (Lipinski definition) is 0. The van der Waals surface area contributed by atoms with Crippen LogP contribution in [-0.4, -0.2) is 30.7 Å². The van der Waals surface area contributed by atoms with Crippen LogP contribution in [0.15, 0.2) is 24.5 Å². The zero-order chi connectivity index (χ0) is 12.3. The van der Waals surface area contributed by atoms with Gasteiger partial charge in [0.15, 0.2) is 15.6 Å². The number of carbonyl (C=O) groups excluding carboxylic acids is 1. The molecule has 0 radical (unpaired) electrons. The van der Waals surface area contributed by atoms with Crippen LogP contribution in [0.2, 0.25) is 0 Å². The largest absolute Gasteiger partial charge is 0.298 e. The molecule has 0 N–H and O–H groups in total. The third-order valence-corrected chi connectivity index (χ3v) is 4.19. The molecular formula is C11H15NO3S. The summed E-state index contributed by atoms with van der Waals surface area (Å²) >= 11 is 0. The van der Waals surface area contributed by atoms with Gasteiger partial charge in [0, 0.05) is 24.6 Å². The highest BCUT2D eigenvalue weighted by atomic mass is 32.2. The SMILES string of the molecule is CC(C(=O)C(C)S(C)(=O)=O)c1ccncc1. The van der Waals surface area contributed by atoms with Crippen LogP contribution in [0.4, 0.5) is 0 Å². The number of nitrogens with zero attached hydrogens (tertiary/aromatic N) is 1. The van der Waals surface area contributed by atoms with Crippen LogP contribution in [-0.2, 0) is 14.6 Å². The number of Topliss-reactive ketones (excluding diaryl/α,β-unsaturated/α-hetero) is 1. The number of pyridine rings is 1. The molecule has 4 nitrogen and oxygen atoms in total. The van der Waals surface area contributed by atoms with Gasteiger partial charge in [-0.3, -0.25) is 9.78 Å². The molecule has 0 aromatic carbocycles. The second kappa shape index (κ2) is 4.74. The minimum Gasteiger partial charge on any atom is -0.298 e. The van der Waals surface area contributed by atoms with E-state index >= 15 is 0 Å². The van der Waals surface area contributed by atoms with Crippen LogP contribution in [0.5, 0.6) is 0 Å². The molecule has 0 bridgehead atoms. The Balaban J connectivity index is 2.92. The molecule has 0 aliphatic carbocycles. The summed E-state index contributed by atoms with van der Waals surface area (Å²) in [5, 5.41) is -0.962. The van der Waals surface area contributed by atoms with Gasteiger partial charge in [0.2, 0.25) is 0 Å². The molecule has 0 saturated heterocycles. The number of rotatable bonds is 4. The molecule has 1 rings (SSSR count). The molecule has 1 heterocycles. The third-order valence-electron chi connectivity index (χ3n) is 2.68. The third kappa shape index (κ3) is 2.88. The van der Waals surface area contributed by atoms with Gasteiger partial charge < -0.3 is 0 Å². The predicted molar refractivity (Wildman–Crippen MR) is 62.0 cm³/mol. The number of sulfone groups is 1. The molecule has 0 fully saturated rings. The number of carbonyl (C=O) groups is 1. The molecule has 2 unspecified atom stereocenters. The predicted octanol–water partition coefficient (Wildman–Crippen LogP) is 1.19. The van der Waals surface area contributed by atoms with Crippen LogP contribution in [0.3, 0.4) is 0 Å². The highest BCUT2D eigenvalue weighted by Crippen LogP contribution is 2.19. The highest BCUT2D eigenvalue weighted by molar-refractivity contribution is 7.92. The highest BCUT2D eigenvalue weighted by Gasteiger charge is 2.28. The lowest BCUT2D eigenvalue weighted by molar-refractivity contribution is -0.119. The summed E-state index contributed by atoms with van der Waals surface area (Å²) in [5.74, 6) is -0.707. The van der Waals surface area contributed by atoms with Crippen LogP contribution >= 0.6 is 0 Å². The van der Waals surface area contributed by atoms with Gasteiger partial charge in [-0.05, 0) is 24.6 Å². The number of ketones is 1. The maximum atomic E-state index is 11.9. The van der Waals surface area contributed by atoms with Gasteiger partial charge in [-0.15, -0.1) is 0 Å². The number of aromatic nitrogens is 1. The summed E-state index contributed by atoms with van der Waals surface area (Å²) < 4.78 is 22.6. The van der Waals surface area contributed by atoms with Gasteiger partial charge in [0.25, 0.3) is 0 Å². The minimum atomic E-state index is -3.32. The lowest BCUT2D eigenvalue weighted by atomic mass is 9.96. The van der Waals surface area contributed by atoms with Crippen molar-refractivity contribution in [1.29, 1.82) is 0 Å². The normalized spacial score (nSPS) is 15.4. The van der Waals surface area contributed by atoms with E-state index < -0.39 is 21.0 Å². The first-order valence-electron chi connectivity index (χ1n) is 4.96. The van der Waals surface area contributed by atoms with Crippen molar-refractivity contribution in [3.05, 3.63) is 30.1 Å². The minimum absolute atomic E-state index is 0.284. The lowest BCUT2D eigenvalue weighted by Crippen LogP contribution is -2.29. The van der Waals surface area contributed by atoms with E-state index in [0.717, 1.165) is 11.8 Å². The van der Waals surface area contributed by atoms with E-state index in [-0.39, 0.29) is 5.78 Å². The first-order valence-corrected chi connectivity index (χ1v) is 6.92. The maximum absolute atomic E-state index is 11.9. The smallest absolute Gasteiger partial charge is 0.157 e. The molecule has 16 heavy (non-hydrogen) atoms. The van der Waals surface area contributed by atoms with E-state index in [4.69, 9.17) is 0 Å². The van der Waals surface area contributed by atoms with Gasteiger partial charge in [-0.25, -0.2) is 8.42 Å². The molecule has 1 aromatic heterocycles. The second-order valence-corrected chi connectivity index (χ2v) is 6.24. The fraction of sp³-hybridized carbons (Fsp3) is 0.455. The standard InChI is InChI=1S/C11H15NO3S/c1-8(10-4-6-12-7-5-10)11(13)9(2)16(3,14)15/h4-9H,1-3H3. The molecule has 0 spiro atoms. The molecule has 0 aliphatic rings. The van der Waals surface area contributed by atoms with E-state index in [1.165, 1.54) is 6.92 Å². The molecule has 0 saturated carbocycles. The zero-order valence-electron chi connectivity index (χ0n) is 9.54. The Hall–Kier alpha value is -1.23. The van der Waals surface area contributed by atoms with Crippen molar-refractivity contribution in [3.63, 3.8) is 0 Å². The Morgan fingerprint density at radius 1 is 1.25 bits per heavy atom. The molecule has 88 valence electrons. The average Bonchev–Trinajstić information content (AvgIpc) is 2.26. The van der Waals surface area contributed by atoms with E-state index in [2.05, 4.69) is 4.98 Å². The van der Waals surface area contributed by atoms with Gasteiger partial charge in [-0.2, -0.15) is 0 Å². The van der Waals surface area contributed by atoms with Crippen molar-refractivity contribution in [2.24, 2.45) is 0 Å². The Morgan fingerprint density at radius 2 is 1.75 bits per heavy atom. The molecular weight excluding hydrogens is 226 g/mol. The fourth-order valence-electron chi connectivity index (χ4n) is 1.38. The van der Waals surface area contributed by atoms with Crippen LogP contribution in [0.25, 0.3) is 0 Å². The Morgan fingerprint density at radius 3 is 2.19 bits per heavy atom. The van der Waals surface area contributed by atoms with Crippen LogP contribution < -0.4 is 0 Å². The maximum Gasteiger partial charge on any atom is 0.157 e. The first-order chi connectivity index (χ1) is 7.34. The van der Waals surface area contributed by atoms with Crippen molar-refractivity contribution in [3.8, 4) is 0 Å². The molecule has 0 aliphatic heterocycles. The summed E-state index contributed by atoms with van der Waals surface area (Å²) in [6.45, 7) is 3.13. The Bertz CT molecular complexity index is 467. The first kappa shape index (κ1) is 12.8. The van der Waals surface area contributed by atoms with E-state index in [1.807, 2.05) is 0 Å². The molecule has 1 aromatic rings. The fourth-order valence-corrected chi connectivity index (χ4v) is 2.01.